The van der Waals surface area contributed by atoms with E-state index in [0.29, 0.717) is 53.5 Å². The van der Waals surface area contributed by atoms with Crippen LogP contribution in [-0.4, -0.2) is 41.7 Å². The predicted molar refractivity (Wildman–Crippen MR) is 110 cm³/mol. The van der Waals surface area contributed by atoms with Gasteiger partial charge in [-0.3, -0.25) is 14.2 Å². The molecular weight excluding hydrogens is 398 g/mol. The van der Waals surface area contributed by atoms with Crippen molar-refractivity contribution < 1.29 is 9.53 Å². The molecule has 28 heavy (non-hydrogen) atoms. The summed E-state index contributed by atoms with van der Waals surface area (Å²) < 4.78 is 7.67. The van der Waals surface area contributed by atoms with Crippen LogP contribution in [0.4, 0.5) is 0 Å². The number of thiazole rings is 1. The molecule has 0 atom stereocenters. The summed E-state index contributed by atoms with van der Waals surface area (Å²) in [6, 6.07) is 9.21. The van der Waals surface area contributed by atoms with E-state index in [0.717, 1.165) is 5.56 Å². The molecule has 8 heteroatoms. The van der Waals surface area contributed by atoms with Gasteiger partial charge in [0, 0.05) is 24.7 Å². The van der Waals surface area contributed by atoms with E-state index in [2.05, 4.69) is 0 Å². The lowest BCUT2D eigenvalue weighted by Crippen LogP contribution is -2.42. The number of aromatic nitrogens is 1. The van der Waals surface area contributed by atoms with Gasteiger partial charge in [-0.15, -0.1) is 11.3 Å². The summed E-state index contributed by atoms with van der Waals surface area (Å²) in [6.45, 7) is 4.17. The molecule has 0 unspecified atom stereocenters. The highest BCUT2D eigenvalue weighted by atomic mass is 35.5. The Morgan fingerprint density at radius 3 is 2.79 bits per heavy atom. The first-order chi connectivity index (χ1) is 13.5. The molecule has 1 aromatic heterocycles. The zero-order valence-corrected chi connectivity index (χ0v) is 17.1. The molecule has 1 aromatic carbocycles. The predicted octanol–water partition coefficient (Wildman–Crippen LogP) is 1.34. The number of nitrogens with zero attached hydrogens (tertiary/aromatic N) is 3. The number of hydrogen-bond acceptors (Lipinski definition) is 5. The van der Waals surface area contributed by atoms with Gasteiger partial charge in [0.15, 0.2) is 5.57 Å². The molecule has 0 saturated carbocycles. The highest BCUT2D eigenvalue weighted by Crippen LogP contribution is 2.11. The minimum atomic E-state index is -0.355. The summed E-state index contributed by atoms with van der Waals surface area (Å²) >= 11 is 7.20. The molecular formula is C20H20ClN3O3S. The SMILES string of the molecule is CCCn1c(=O)/c(=C\c2cccc(Cl)c2)s/c1=C(/C#N)C(=O)N1CCOCC1. The fraction of sp³-hybridized carbons (Fsp3) is 0.350. The van der Waals surface area contributed by atoms with Gasteiger partial charge in [-0.2, -0.15) is 5.26 Å². The molecule has 2 aromatic rings. The van der Waals surface area contributed by atoms with Crippen molar-refractivity contribution in [3.8, 4) is 6.07 Å². The molecule has 0 aliphatic carbocycles. The molecule has 3 rings (SSSR count). The van der Waals surface area contributed by atoms with Crippen LogP contribution in [0.25, 0.3) is 11.6 Å². The van der Waals surface area contributed by atoms with Gasteiger partial charge < -0.3 is 9.64 Å². The third kappa shape index (κ3) is 4.36. The third-order valence-electron chi connectivity index (χ3n) is 4.34. The second-order valence-corrected chi connectivity index (χ2v) is 7.79. The van der Waals surface area contributed by atoms with Gasteiger partial charge in [-0.25, -0.2) is 0 Å². The van der Waals surface area contributed by atoms with E-state index in [4.69, 9.17) is 16.3 Å². The van der Waals surface area contributed by atoms with Crippen molar-refractivity contribution in [3.05, 3.63) is 54.4 Å². The maximum Gasteiger partial charge on any atom is 0.269 e. The molecule has 6 nitrogen and oxygen atoms in total. The summed E-state index contributed by atoms with van der Waals surface area (Å²) in [4.78, 5) is 27.4. The van der Waals surface area contributed by atoms with Gasteiger partial charge in [-0.1, -0.05) is 30.7 Å². The Kier molecular flexibility index (Phi) is 6.68. The minimum absolute atomic E-state index is 0.00296. The van der Waals surface area contributed by atoms with E-state index in [1.807, 2.05) is 25.1 Å². The number of ether oxygens (including phenoxy) is 1. The summed E-state index contributed by atoms with van der Waals surface area (Å²) in [5.41, 5.74) is 0.589. The number of morpholine rings is 1. The number of carbonyl (C=O) groups is 1. The monoisotopic (exact) mass is 417 g/mol. The van der Waals surface area contributed by atoms with E-state index in [1.165, 1.54) is 15.9 Å². The lowest BCUT2D eigenvalue weighted by atomic mass is 10.2. The Morgan fingerprint density at radius 1 is 1.39 bits per heavy atom. The molecule has 146 valence electrons. The first kappa shape index (κ1) is 20.3. The second kappa shape index (κ2) is 9.20. The summed E-state index contributed by atoms with van der Waals surface area (Å²) in [7, 11) is 0. The van der Waals surface area contributed by atoms with Gasteiger partial charge in [0.25, 0.3) is 11.5 Å². The van der Waals surface area contributed by atoms with Crippen molar-refractivity contribution in [2.24, 2.45) is 0 Å². The van der Waals surface area contributed by atoms with Crippen molar-refractivity contribution >= 4 is 40.5 Å². The molecule has 0 spiro atoms. The fourth-order valence-corrected chi connectivity index (χ4v) is 4.31. The lowest BCUT2D eigenvalue weighted by molar-refractivity contribution is -0.128. The standard InChI is InChI=1S/C20H20ClN3O3S/c1-2-6-24-19(26)17(12-14-4-3-5-15(21)11-14)28-20(24)16(13-22)18(25)23-7-9-27-10-8-23/h3-5,11-12H,2,6-10H2,1H3/b17-12+,20-16-. The van der Waals surface area contributed by atoms with Gasteiger partial charge in [0.2, 0.25) is 0 Å². The Morgan fingerprint density at radius 2 is 2.14 bits per heavy atom. The van der Waals surface area contributed by atoms with Gasteiger partial charge >= 0.3 is 0 Å². The smallest absolute Gasteiger partial charge is 0.269 e. The Labute approximate surface area is 171 Å². The zero-order valence-electron chi connectivity index (χ0n) is 15.5. The highest BCUT2D eigenvalue weighted by Gasteiger charge is 2.23. The summed E-state index contributed by atoms with van der Waals surface area (Å²) in [5.74, 6) is -0.355. The van der Waals surface area contributed by atoms with Crippen LogP contribution in [0.15, 0.2) is 29.1 Å². The van der Waals surface area contributed by atoms with E-state index >= 15 is 0 Å². The van der Waals surface area contributed by atoms with Crippen LogP contribution in [0.2, 0.25) is 5.02 Å². The number of benzene rings is 1. The number of carbonyl (C=O) groups excluding carboxylic acids is 1. The number of amides is 1. The average Bonchev–Trinajstić information content (AvgIpc) is 2.99. The largest absolute Gasteiger partial charge is 0.378 e. The maximum absolute atomic E-state index is 12.9. The van der Waals surface area contributed by atoms with Crippen LogP contribution >= 0.6 is 22.9 Å². The normalized spacial score (nSPS) is 16.0. The molecule has 1 fully saturated rings. The van der Waals surface area contributed by atoms with E-state index in [9.17, 15) is 14.9 Å². The number of nitriles is 1. The van der Waals surface area contributed by atoms with Crippen molar-refractivity contribution in [1.29, 1.82) is 5.26 Å². The topological polar surface area (TPSA) is 75.3 Å². The first-order valence-corrected chi connectivity index (χ1v) is 10.2. The van der Waals surface area contributed by atoms with Crippen LogP contribution in [0.3, 0.4) is 0 Å². The molecule has 2 heterocycles. The lowest BCUT2D eigenvalue weighted by Gasteiger charge is -2.26. The van der Waals surface area contributed by atoms with Gasteiger partial charge in [0.05, 0.1) is 17.7 Å². The van der Waals surface area contributed by atoms with Gasteiger partial charge in [-0.05, 0) is 30.2 Å². The second-order valence-electron chi connectivity index (χ2n) is 6.32. The molecule has 1 saturated heterocycles. The molecule has 1 aliphatic rings. The van der Waals surface area contributed by atoms with Crippen LogP contribution in [0, 0.1) is 11.3 Å². The van der Waals surface area contributed by atoms with Crippen LogP contribution in [-0.2, 0) is 16.1 Å². The highest BCUT2D eigenvalue weighted by molar-refractivity contribution is 7.07. The molecule has 0 radical (unpaired) electrons. The van der Waals surface area contributed by atoms with Crippen LogP contribution in [0.5, 0.6) is 0 Å². The number of hydrogen-bond donors (Lipinski definition) is 0. The Hall–Kier alpha value is -2.40. The first-order valence-electron chi connectivity index (χ1n) is 9.03. The van der Waals surface area contributed by atoms with Crippen molar-refractivity contribution in [2.75, 3.05) is 26.3 Å². The van der Waals surface area contributed by atoms with E-state index < -0.39 is 0 Å². The van der Waals surface area contributed by atoms with Crippen molar-refractivity contribution in [2.45, 2.75) is 19.9 Å². The van der Waals surface area contributed by atoms with Crippen molar-refractivity contribution in [3.63, 3.8) is 0 Å². The number of halogens is 1. The molecule has 1 amide bonds. The third-order valence-corrected chi connectivity index (χ3v) is 5.70. The Bertz CT molecular complexity index is 1090. The summed E-state index contributed by atoms with van der Waals surface area (Å²) in [5, 5.41) is 10.3. The van der Waals surface area contributed by atoms with E-state index in [1.54, 1.807) is 23.1 Å². The van der Waals surface area contributed by atoms with Crippen LogP contribution < -0.4 is 14.8 Å². The fourth-order valence-electron chi connectivity index (χ4n) is 2.99. The molecule has 0 N–H and O–H groups in total. The van der Waals surface area contributed by atoms with Crippen LogP contribution in [0.1, 0.15) is 18.9 Å². The van der Waals surface area contributed by atoms with Gasteiger partial charge in [0.1, 0.15) is 10.7 Å². The number of rotatable bonds is 4. The maximum atomic E-state index is 12.9. The van der Waals surface area contributed by atoms with E-state index in [-0.39, 0.29) is 17.0 Å². The minimum Gasteiger partial charge on any atom is -0.378 e. The average molecular weight is 418 g/mol. The Balaban J connectivity index is 2.18. The molecule has 0 bridgehead atoms. The molecule has 1 aliphatic heterocycles. The summed E-state index contributed by atoms with van der Waals surface area (Å²) in [6.07, 6.45) is 2.45. The van der Waals surface area contributed by atoms with Crippen molar-refractivity contribution in [1.82, 2.24) is 9.47 Å². The zero-order chi connectivity index (χ0) is 20.1. The quantitative estimate of drug-likeness (QED) is 0.752.